The number of hydrogen-bond acceptors (Lipinski definition) is 7. The van der Waals surface area contributed by atoms with Crippen LogP contribution in [0.15, 0.2) is 36.0 Å². The highest BCUT2D eigenvalue weighted by molar-refractivity contribution is 6.74. The second-order valence-electron chi connectivity index (χ2n) is 14.2. The average Bonchev–Trinajstić information content (AvgIpc) is 3.67. The molecule has 0 unspecified atom stereocenters. The van der Waals surface area contributed by atoms with E-state index < -0.39 is 32.1 Å². The number of allylic oxidation sites excluding steroid dienone is 2. The molecular weight excluding hydrogens is 566 g/mol. The molecule has 0 saturated carbocycles. The Morgan fingerprint density at radius 2 is 1.86 bits per heavy atom. The van der Waals surface area contributed by atoms with Crippen molar-refractivity contribution >= 4 is 20.2 Å². The molecule has 43 heavy (non-hydrogen) atoms. The van der Waals surface area contributed by atoms with Crippen molar-refractivity contribution in [3.05, 3.63) is 36.0 Å². The van der Waals surface area contributed by atoms with Crippen LogP contribution in [0.25, 0.3) is 0 Å². The van der Waals surface area contributed by atoms with E-state index in [4.69, 9.17) is 23.4 Å². The van der Waals surface area contributed by atoms with Crippen molar-refractivity contribution in [3.63, 3.8) is 0 Å². The number of amides is 1. The van der Waals surface area contributed by atoms with Gasteiger partial charge >= 0.3 is 5.97 Å². The van der Waals surface area contributed by atoms with Gasteiger partial charge in [-0.05, 0) is 57.7 Å². The second-order valence-corrected chi connectivity index (χ2v) is 19.0. The summed E-state index contributed by atoms with van der Waals surface area (Å²) in [6.45, 7) is 19.7. The van der Waals surface area contributed by atoms with Crippen LogP contribution >= 0.6 is 0 Å². The molecule has 9 atom stereocenters. The van der Waals surface area contributed by atoms with Gasteiger partial charge in [-0.3, -0.25) is 9.59 Å². The summed E-state index contributed by atoms with van der Waals surface area (Å²) < 4.78 is 30.7. The van der Waals surface area contributed by atoms with E-state index in [-0.39, 0.29) is 53.7 Å². The van der Waals surface area contributed by atoms with Crippen LogP contribution in [0.1, 0.15) is 74.1 Å². The van der Waals surface area contributed by atoms with Gasteiger partial charge in [0.1, 0.15) is 17.8 Å². The number of rotatable bonds is 12. The van der Waals surface area contributed by atoms with Crippen LogP contribution in [-0.2, 0) is 33.0 Å². The first-order valence-electron chi connectivity index (χ1n) is 15.7. The van der Waals surface area contributed by atoms with Crippen molar-refractivity contribution in [1.29, 1.82) is 0 Å². The lowest BCUT2D eigenvalue weighted by Gasteiger charge is -2.46. The molecule has 0 aromatic rings. The maximum Gasteiger partial charge on any atom is 0.305 e. The van der Waals surface area contributed by atoms with E-state index in [1.54, 1.807) is 13.2 Å². The molecule has 0 aromatic carbocycles. The summed E-state index contributed by atoms with van der Waals surface area (Å²) in [5.41, 5.74) is 0.572. The van der Waals surface area contributed by atoms with Gasteiger partial charge in [0.2, 0.25) is 5.91 Å². The van der Waals surface area contributed by atoms with Gasteiger partial charge in [-0.25, -0.2) is 0 Å². The molecular formula is C33H55NO8Si. The first-order valence-corrected chi connectivity index (χ1v) is 18.6. The number of epoxide rings is 1. The number of carbonyl (C=O) groups is 2. The molecule has 0 radical (unpaired) electrons. The molecule has 3 saturated heterocycles. The lowest BCUT2D eigenvalue weighted by atomic mass is 9.87. The van der Waals surface area contributed by atoms with Crippen molar-refractivity contribution in [3.8, 4) is 0 Å². The number of hydrogen-bond donors (Lipinski definition) is 2. The minimum Gasteiger partial charge on any atom is -0.481 e. The van der Waals surface area contributed by atoms with E-state index in [9.17, 15) is 14.7 Å². The van der Waals surface area contributed by atoms with Crippen molar-refractivity contribution in [1.82, 2.24) is 5.32 Å². The van der Waals surface area contributed by atoms with Gasteiger partial charge in [-0.15, -0.1) is 0 Å². The molecule has 3 aliphatic rings. The molecule has 244 valence electrons. The number of carboxylic acid groups (broad SMARTS) is 1. The van der Waals surface area contributed by atoms with E-state index in [0.29, 0.717) is 13.0 Å². The Morgan fingerprint density at radius 3 is 2.44 bits per heavy atom. The highest BCUT2D eigenvalue weighted by atomic mass is 28.4. The zero-order valence-corrected chi connectivity index (χ0v) is 28.8. The maximum atomic E-state index is 12.4. The monoisotopic (exact) mass is 621 g/mol. The largest absolute Gasteiger partial charge is 0.481 e. The number of methoxy groups -OCH3 is 1. The number of carboxylic acids is 1. The van der Waals surface area contributed by atoms with Crippen LogP contribution in [0.5, 0.6) is 0 Å². The van der Waals surface area contributed by atoms with Gasteiger partial charge < -0.3 is 33.8 Å². The summed E-state index contributed by atoms with van der Waals surface area (Å²) in [6, 6.07) is -0.0526. The minimum atomic E-state index is -2.15. The van der Waals surface area contributed by atoms with Gasteiger partial charge in [0.25, 0.3) is 0 Å². The predicted molar refractivity (Wildman–Crippen MR) is 169 cm³/mol. The number of nitrogens with one attached hydrogen (secondary N) is 1. The average molecular weight is 622 g/mol. The molecule has 10 heteroatoms. The fraction of sp³-hybridized carbons (Fsp3) is 0.758. The third kappa shape index (κ3) is 9.83. The van der Waals surface area contributed by atoms with Crippen LogP contribution in [0.4, 0.5) is 0 Å². The van der Waals surface area contributed by atoms with Gasteiger partial charge in [-0.2, -0.15) is 0 Å². The van der Waals surface area contributed by atoms with Crippen LogP contribution in [0, 0.1) is 5.92 Å². The Bertz CT molecular complexity index is 1060. The highest BCUT2D eigenvalue weighted by Crippen LogP contribution is 2.48. The maximum absolute atomic E-state index is 12.4. The SMILES string of the molecule is CO[C@@H](C)/C=C\C(=O)N[C@@H]1C[C@H](C)[C@H](C/C=C(C)/C=C/[C@H]2O[C@H](CC(=O)O)C[C@@]3(CO3)[C@@H]2O[Si](C)(C)C(C)(C)C)O[C@@H]1C. The van der Waals surface area contributed by atoms with Crippen LogP contribution in [0.3, 0.4) is 0 Å². The lowest BCUT2D eigenvalue weighted by molar-refractivity contribution is -0.153. The Labute approximate surface area is 259 Å². The summed E-state index contributed by atoms with van der Waals surface area (Å²) >= 11 is 0. The minimum absolute atomic E-state index is 0.0139. The van der Waals surface area contributed by atoms with Crippen LogP contribution in [0.2, 0.25) is 18.1 Å². The molecule has 0 aromatic heterocycles. The summed E-state index contributed by atoms with van der Waals surface area (Å²) in [5.74, 6) is -0.747. The zero-order chi connectivity index (χ0) is 32.2. The van der Waals surface area contributed by atoms with E-state index in [1.165, 1.54) is 6.08 Å². The van der Waals surface area contributed by atoms with Crippen LogP contribution in [-0.4, -0.2) is 87.3 Å². The molecule has 1 amide bonds. The number of carbonyl (C=O) groups excluding carboxylic acids is 1. The fourth-order valence-electron chi connectivity index (χ4n) is 5.51. The molecule has 9 nitrogen and oxygen atoms in total. The number of ether oxygens (including phenoxy) is 4. The second kappa shape index (κ2) is 14.5. The number of aliphatic carboxylic acids is 1. The van der Waals surface area contributed by atoms with Gasteiger partial charge in [0.05, 0.1) is 43.5 Å². The molecule has 3 aliphatic heterocycles. The Hall–Kier alpha value is -1.82. The first-order chi connectivity index (χ1) is 20.0. The highest BCUT2D eigenvalue weighted by Gasteiger charge is 2.61. The zero-order valence-electron chi connectivity index (χ0n) is 27.8. The van der Waals surface area contributed by atoms with Crippen molar-refractivity contribution in [2.75, 3.05) is 13.7 Å². The summed E-state index contributed by atoms with van der Waals surface area (Å²) in [5, 5.41) is 12.5. The fourth-order valence-corrected chi connectivity index (χ4v) is 6.85. The third-order valence-electron chi connectivity index (χ3n) is 9.54. The molecule has 0 bridgehead atoms. The molecule has 1 spiro atoms. The smallest absolute Gasteiger partial charge is 0.305 e. The summed E-state index contributed by atoms with van der Waals surface area (Å²) in [6.07, 6.45) is 10.2. The predicted octanol–water partition coefficient (Wildman–Crippen LogP) is 5.56. The first kappa shape index (κ1) is 35.7. The summed E-state index contributed by atoms with van der Waals surface area (Å²) in [4.78, 5) is 23.9. The van der Waals surface area contributed by atoms with Gasteiger partial charge in [0.15, 0.2) is 8.32 Å². The van der Waals surface area contributed by atoms with Gasteiger partial charge in [-0.1, -0.05) is 57.6 Å². The standard InChI is InChI=1S/C33H55NO8Si/c1-21(11-14-27-22(2)17-26(24(4)40-27)34-29(35)16-13-23(3)38-8)12-15-28-31(42-43(9,10)32(5,6)7)33(20-39-33)19-25(41-28)18-30(36)37/h11-13,15-16,22-28,31H,14,17-20H2,1-10H3,(H,34,35)(H,36,37)/b15-12+,16-13-,21-11+/t22-,23-,24+,25+,26+,27-,28+,31+,33+/m0/s1. The van der Waals surface area contributed by atoms with Crippen molar-refractivity contribution < 1.29 is 38.1 Å². The molecule has 3 heterocycles. The van der Waals surface area contributed by atoms with E-state index in [1.807, 2.05) is 26.0 Å². The van der Waals surface area contributed by atoms with Crippen molar-refractivity contribution in [2.45, 2.75) is 141 Å². The lowest BCUT2D eigenvalue weighted by Crippen LogP contribution is -2.57. The normalized spacial score (nSPS) is 34.6. The Kier molecular flexibility index (Phi) is 12.0. The van der Waals surface area contributed by atoms with E-state index in [2.05, 4.69) is 59.1 Å². The summed E-state index contributed by atoms with van der Waals surface area (Å²) in [7, 11) is -0.540. The van der Waals surface area contributed by atoms with E-state index in [0.717, 1.165) is 18.4 Å². The third-order valence-corrected chi connectivity index (χ3v) is 14.0. The molecule has 3 rings (SSSR count). The Balaban J connectivity index is 1.66. The van der Waals surface area contributed by atoms with E-state index >= 15 is 0 Å². The molecule has 3 fully saturated rings. The quantitative estimate of drug-likeness (QED) is 0.126. The van der Waals surface area contributed by atoms with Crippen LogP contribution < -0.4 is 5.32 Å². The topological polar surface area (TPSA) is 116 Å². The molecule has 2 N–H and O–H groups in total. The van der Waals surface area contributed by atoms with Gasteiger partial charge in [0, 0.05) is 19.6 Å². The van der Waals surface area contributed by atoms with Crippen molar-refractivity contribution in [2.24, 2.45) is 5.92 Å². The molecule has 0 aliphatic carbocycles. The Morgan fingerprint density at radius 1 is 1.19 bits per heavy atom.